The molecule has 7 aliphatic heterocycles. The Morgan fingerprint density at radius 1 is 0.242 bits per heavy atom. The van der Waals surface area contributed by atoms with E-state index in [1.807, 2.05) is 70.6 Å². The van der Waals surface area contributed by atoms with Gasteiger partial charge in [0.15, 0.2) is 0 Å². The average Bonchev–Trinajstić information content (AvgIpc) is 4.04. The summed E-state index contributed by atoms with van der Waals surface area (Å²) in [4.78, 5) is 2.74. The van der Waals surface area contributed by atoms with Crippen LogP contribution in [0.15, 0.2) is 122 Å². The number of hydrogen-bond donors (Lipinski definition) is 0. The Labute approximate surface area is 440 Å². The van der Waals surface area contributed by atoms with Crippen LogP contribution in [0.5, 0.6) is 0 Å². The number of rotatable bonds is 0. The molecule has 0 unspecified atom stereocenters. The minimum atomic E-state index is 0.907. The van der Waals surface area contributed by atoms with Crippen LogP contribution in [0, 0.1) is 12.6 Å². The Balaban J connectivity index is 0.920. The Bertz CT molecular complexity index is 2780. The predicted molar refractivity (Wildman–Crippen MR) is 301 cm³/mol. The van der Waals surface area contributed by atoms with Crippen molar-refractivity contribution in [1.82, 2.24) is 0 Å². The SMILES string of the molecule is S=c1sc2c(s1)SCc1ccc(cc1)CSc1sc(=S)sc1Cc1ccc(cc1)CSc1sc(=S)sc1SCc1ccc(cc1)CSc1sc(=S)sc1SCc1ccc(cc1)C2. The summed E-state index contributed by atoms with van der Waals surface area (Å²) >= 11 is 48.3. The molecule has 18 heteroatoms. The zero-order chi connectivity index (χ0) is 42.4. The highest BCUT2D eigenvalue weighted by atomic mass is 32.2. The van der Waals surface area contributed by atoms with Gasteiger partial charge in [-0.25, -0.2) is 0 Å². The minimum absolute atomic E-state index is 0.907. The number of benzene rings is 4. The van der Waals surface area contributed by atoms with Crippen molar-refractivity contribution in [2.45, 2.75) is 72.6 Å². The molecule has 0 N–H and O–H groups in total. The minimum Gasteiger partial charge on any atom is -0.116 e. The van der Waals surface area contributed by atoms with Gasteiger partial charge < -0.3 is 0 Å². The van der Waals surface area contributed by atoms with Crippen LogP contribution in [-0.2, 0) is 47.4 Å². The average molecular weight is 1140 g/mol. The van der Waals surface area contributed by atoms with Gasteiger partial charge in [-0.2, -0.15) is 0 Å². The van der Waals surface area contributed by atoms with Crippen LogP contribution in [0.2, 0.25) is 0 Å². The third-order valence-electron chi connectivity index (χ3n) is 9.30. The van der Waals surface area contributed by atoms with Crippen molar-refractivity contribution in [2.24, 2.45) is 0 Å². The summed E-state index contributed by atoms with van der Waals surface area (Å²) in [6.07, 6.45) is 1.81. The van der Waals surface area contributed by atoms with E-state index in [0.29, 0.717) is 0 Å². The Morgan fingerprint density at radius 2 is 0.435 bits per heavy atom. The molecule has 0 saturated carbocycles. The van der Waals surface area contributed by atoms with E-state index in [2.05, 4.69) is 97.1 Å². The molecular formula is C44H32S18. The van der Waals surface area contributed by atoms with Crippen LogP contribution in [0.4, 0.5) is 0 Å². The van der Waals surface area contributed by atoms with E-state index in [-0.39, 0.29) is 0 Å². The maximum absolute atomic E-state index is 5.71. The monoisotopic (exact) mass is 1140 g/mol. The van der Waals surface area contributed by atoms with Crippen LogP contribution in [0.25, 0.3) is 0 Å². The molecule has 0 aliphatic carbocycles. The molecule has 0 saturated heterocycles. The van der Waals surface area contributed by atoms with Crippen LogP contribution < -0.4 is 0 Å². The molecule has 0 nitrogen and oxygen atoms in total. The van der Waals surface area contributed by atoms with Gasteiger partial charge in [-0.1, -0.05) is 146 Å². The number of thioether (sulfide) groups is 6. The number of hydrogen-bond acceptors (Lipinski definition) is 18. The van der Waals surface area contributed by atoms with Gasteiger partial charge >= 0.3 is 0 Å². The highest BCUT2D eigenvalue weighted by molar-refractivity contribution is 8.05. The third-order valence-corrected chi connectivity index (χ3v) is 29.2. The predicted octanol–water partition coefficient (Wildman–Crippen LogP) is 20.3. The van der Waals surface area contributed by atoms with Crippen LogP contribution in [0.1, 0.15) is 54.3 Å². The molecule has 4 aromatic carbocycles. The first-order chi connectivity index (χ1) is 30.2. The van der Waals surface area contributed by atoms with Gasteiger partial charge in [0.2, 0.25) is 0 Å². The topological polar surface area (TPSA) is 0 Å². The van der Waals surface area contributed by atoms with Crippen LogP contribution >= 0.6 is 210 Å². The fourth-order valence-corrected chi connectivity index (χ4v) is 26.9. The quantitative estimate of drug-likeness (QED) is 0.134. The molecule has 316 valence electrons. The largest absolute Gasteiger partial charge is 0.145 e. The third kappa shape index (κ3) is 13.2. The van der Waals surface area contributed by atoms with Gasteiger partial charge in [-0.05, 0) is 44.5 Å². The first-order valence-corrected chi connectivity index (χ1v) is 32.9. The zero-order valence-corrected chi connectivity index (χ0v) is 46.9. The molecular weight excluding hydrogens is 1110 g/mol. The maximum Gasteiger partial charge on any atom is 0.145 e. The summed E-state index contributed by atoms with van der Waals surface area (Å²) in [7, 11) is 0. The molecule has 4 aromatic heterocycles. The van der Waals surface area contributed by atoms with E-state index in [1.54, 1.807) is 90.7 Å². The standard InChI is InChI=1S/C44H32S18/c45-41-55-33-17-25-1-5-27(6-2-25)21-51-37-39(61-43(47)59-37)53-23-31-13-15-32(16-14-31)24-54-40-38(60-44(48)62-40)52-22-28-7-3-26(4-8-28)18-34-36(58-42(46)56-34)50-20-30-11-9-29(10-12-30)19-49-35(33)57-41/h1-16H,17-24H2. The molecule has 15 rings (SSSR count). The fourth-order valence-electron chi connectivity index (χ4n) is 6.13. The van der Waals surface area contributed by atoms with Crippen LogP contribution in [-0.4, -0.2) is 0 Å². The van der Waals surface area contributed by atoms with Crippen molar-refractivity contribution in [2.75, 3.05) is 0 Å². The first kappa shape index (κ1) is 47.1. The summed E-state index contributed by atoms with van der Waals surface area (Å²) in [5.74, 6) is 5.56. The molecule has 8 bridgehead atoms. The van der Waals surface area contributed by atoms with Gasteiger partial charge in [0.1, 0.15) is 12.6 Å². The lowest BCUT2D eigenvalue weighted by molar-refractivity contribution is 1.19. The normalized spacial score (nSPS) is 14.5. The summed E-state index contributed by atoms with van der Waals surface area (Å²) in [5, 5.41) is 0. The molecule has 62 heavy (non-hydrogen) atoms. The van der Waals surface area contributed by atoms with E-state index in [1.165, 1.54) is 79.5 Å². The van der Waals surface area contributed by atoms with E-state index in [9.17, 15) is 0 Å². The van der Waals surface area contributed by atoms with Gasteiger partial charge in [0, 0.05) is 57.1 Å². The van der Waals surface area contributed by atoms with Crippen molar-refractivity contribution in [1.29, 1.82) is 0 Å². The highest BCUT2D eigenvalue weighted by Gasteiger charge is 2.15. The summed E-state index contributed by atoms with van der Waals surface area (Å²) in [5.41, 5.74) is 10.6. The Morgan fingerprint density at radius 3 is 0.694 bits per heavy atom. The molecule has 11 heterocycles. The zero-order valence-electron chi connectivity index (χ0n) is 32.2. The van der Waals surface area contributed by atoms with Crippen molar-refractivity contribution >= 4 is 210 Å². The molecule has 0 radical (unpaired) electrons. The van der Waals surface area contributed by atoms with Gasteiger partial charge in [0.25, 0.3) is 0 Å². The van der Waals surface area contributed by atoms with E-state index >= 15 is 0 Å². The van der Waals surface area contributed by atoms with E-state index < -0.39 is 0 Å². The second-order valence-electron chi connectivity index (χ2n) is 13.7. The molecule has 7 aliphatic rings. The van der Waals surface area contributed by atoms with Gasteiger partial charge in [-0.15, -0.1) is 161 Å². The fraction of sp³-hybridized carbons (Fsp3) is 0.182. The van der Waals surface area contributed by atoms with Gasteiger partial charge in [-0.3, -0.25) is 0 Å². The molecule has 0 amide bonds. The molecule has 0 spiro atoms. The second-order valence-corrected chi connectivity index (χ2v) is 34.3. The van der Waals surface area contributed by atoms with E-state index in [0.717, 1.165) is 59.9 Å². The van der Waals surface area contributed by atoms with Crippen molar-refractivity contribution in [3.63, 3.8) is 0 Å². The lowest BCUT2D eigenvalue weighted by Gasteiger charge is -2.08. The Hall–Kier alpha value is 0.0600. The van der Waals surface area contributed by atoms with E-state index in [4.69, 9.17) is 48.9 Å². The van der Waals surface area contributed by atoms with Gasteiger partial charge in [0.05, 0.1) is 25.3 Å². The second kappa shape index (κ2) is 22.9. The van der Waals surface area contributed by atoms with Crippen LogP contribution in [0.3, 0.4) is 0 Å². The summed E-state index contributed by atoms with van der Waals surface area (Å²) in [6, 6.07) is 36.6. The lowest BCUT2D eigenvalue weighted by Crippen LogP contribution is -1.89. The Kier molecular flexibility index (Phi) is 17.4. The molecule has 0 fully saturated rings. The van der Waals surface area contributed by atoms with Crippen molar-refractivity contribution < 1.29 is 0 Å². The summed E-state index contributed by atoms with van der Waals surface area (Å²) in [6.45, 7) is 0. The van der Waals surface area contributed by atoms with Crippen molar-refractivity contribution in [3.8, 4) is 0 Å². The molecule has 8 aromatic rings. The molecule has 0 atom stereocenters. The smallest absolute Gasteiger partial charge is 0.116 e. The highest BCUT2D eigenvalue weighted by Crippen LogP contribution is 2.45. The first-order valence-electron chi connectivity index (χ1n) is 18.9. The van der Waals surface area contributed by atoms with Crippen molar-refractivity contribution in [3.05, 3.63) is 164 Å². The summed E-state index contributed by atoms with van der Waals surface area (Å²) < 4.78 is 12.0. The maximum atomic E-state index is 5.71. The lowest BCUT2D eigenvalue weighted by atomic mass is 10.1.